The third-order valence-electron chi connectivity index (χ3n) is 6.17. The maximum absolute atomic E-state index is 14.0. The van der Waals surface area contributed by atoms with Crippen molar-refractivity contribution in [2.24, 2.45) is 5.92 Å². The average molecular weight is 437 g/mol. The van der Waals surface area contributed by atoms with Gasteiger partial charge in [-0.25, -0.2) is 4.39 Å². The van der Waals surface area contributed by atoms with E-state index >= 15 is 0 Å². The van der Waals surface area contributed by atoms with Crippen LogP contribution in [-0.2, 0) is 9.53 Å². The highest BCUT2D eigenvalue weighted by atomic mass is 19.1. The fourth-order valence-corrected chi connectivity index (χ4v) is 4.55. The Labute approximate surface area is 187 Å². The Morgan fingerprint density at radius 3 is 2.91 bits per heavy atom. The fraction of sp³-hybridized carbons (Fsp3) is 0.360. The minimum absolute atomic E-state index is 0.0323. The number of amides is 1. The van der Waals surface area contributed by atoms with Crippen molar-refractivity contribution in [1.29, 1.82) is 5.41 Å². The smallest absolute Gasteiger partial charge is 0.258 e. The van der Waals surface area contributed by atoms with Gasteiger partial charge in [0.1, 0.15) is 11.7 Å². The van der Waals surface area contributed by atoms with Crippen LogP contribution in [0.2, 0.25) is 0 Å². The maximum atomic E-state index is 14.0. The summed E-state index contributed by atoms with van der Waals surface area (Å²) in [7, 11) is 0. The second-order valence-electron chi connectivity index (χ2n) is 8.40. The molecular weight excluding hydrogens is 407 g/mol. The molecule has 1 aromatic rings. The molecule has 1 aliphatic carbocycles. The zero-order chi connectivity index (χ0) is 22.8. The van der Waals surface area contributed by atoms with E-state index in [-0.39, 0.29) is 29.4 Å². The first-order chi connectivity index (χ1) is 15.4. The van der Waals surface area contributed by atoms with Crippen molar-refractivity contribution in [2.75, 3.05) is 19.8 Å². The fourth-order valence-electron chi connectivity index (χ4n) is 4.55. The van der Waals surface area contributed by atoms with Gasteiger partial charge in [-0.2, -0.15) is 0 Å². The predicted octanol–water partition coefficient (Wildman–Crippen LogP) is 3.54. The normalized spacial score (nSPS) is 25.4. The minimum Gasteiger partial charge on any atom is -0.384 e. The number of ether oxygens (including phenoxy) is 1. The van der Waals surface area contributed by atoms with Crippen molar-refractivity contribution in [1.82, 2.24) is 16.0 Å². The van der Waals surface area contributed by atoms with Gasteiger partial charge in [0.15, 0.2) is 0 Å². The van der Waals surface area contributed by atoms with E-state index in [1.54, 1.807) is 25.1 Å². The Balaban J connectivity index is 1.67. The molecular formula is C25H29FN4O2. The molecule has 0 saturated carbocycles. The molecule has 2 aliphatic heterocycles. The highest BCUT2D eigenvalue weighted by molar-refractivity contribution is 6.06. The third kappa shape index (κ3) is 4.39. The van der Waals surface area contributed by atoms with Gasteiger partial charge in [0.05, 0.1) is 18.8 Å². The summed E-state index contributed by atoms with van der Waals surface area (Å²) in [6, 6.07) is 4.87. The Morgan fingerprint density at radius 2 is 2.19 bits per heavy atom. The van der Waals surface area contributed by atoms with Crippen LogP contribution in [-0.4, -0.2) is 31.5 Å². The monoisotopic (exact) mass is 436 g/mol. The number of fused-ring (bicyclic) bond motifs is 1. The van der Waals surface area contributed by atoms with Crippen LogP contribution >= 0.6 is 0 Å². The summed E-state index contributed by atoms with van der Waals surface area (Å²) in [4.78, 5) is 12.8. The lowest BCUT2D eigenvalue weighted by Crippen LogP contribution is -2.31. The van der Waals surface area contributed by atoms with Crippen LogP contribution in [0.25, 0.3) is 0 Å². The minimum atomic E-state index is -0.260. The topological polar surface area (TPSA) is 86.2 Å². The lowest BCUT2D eigenvalue weighted by Gasteiger charge is -2.28. The maximum Gasteiger partial charge on any atom is 0.258 e. The summed E-state index contributed by atoms with van der Waals surface area (Å²) in [5.74, 6) is -0.158. The Kier molecular flexibility index (Phi) is 6.28. The SMILES string of the molecule is CCC1C=C2NC(=O)/C(=C(/C)NC(=N)/C=C3/COCCN3)C2=CC1c1cc(F)ccc1C. The summed E-state index contributed by atoms with van der Waals surface area (Å²) in [6.07, 6.45) is 6.70. The van der Waals surface area contributed by atoms with E-state index < -0.39 is 0 Å². The molecule has 6 nitrogen and oxygen atoms in total. The molecule has 0 aromatic heterocycles. The second kappa shape index (κ2) is 9.12. The zero-order valence-electron chi connectivity index (χ0n) is 18.6. The Hall–Kier alpha value is -3.19. The van der Waals surface area contributed by atoms with Gasteiger partial charge in [0, 0.05) is 41.2 Å². The molecule has 2 unspecified atom stereocenters. The van der Waals surface area contributed by atoms with Gasteiger partial charge >= 0.3 is 0 Å². The van der Waals surface area contributed by atoms with E-state index in [2.05, 4.69) is 35.0 Å². The highest BCUT2D eigenvalue weighted by Gasteiger charge is 2.35. The van der Waals surface area contributed by atoms with Crippen LogP contribution < -0.4 is 16.0 Å². The van der Waals surface area contributed by atoms with Gasteiger partial charge in [0.25, 0.3) is 5.91 Å². The Morgan fingerprint density at radius 1 is 1.38 bits per heavy atom. The number of carbonyl (C=O) groups excluding carboxylic acids is 1. The predicted molar refractivity (Wildman–Crippen MR) is 122 cm³/mol. The van der Waals surface area contributed by atoms with Crippen LogP contribution in [0.1, 0.15) is 37.3 Å². The van der Waals surface area contributed by atoms with Crippen molar-refractivity contribution in [2.45, 2.75) is 33.1 Å². The van der Waals surface area contributed by atoms with Gasteiger partial charge in [-0.05, 0) is 49.4 Å². The Bertz CT molecular complexity index is 1080. The van der Waals surface area contributed by atoms with Gasteiger partial charge in [-0.1, -0.05) is 25.1 Å². The van der Waals surface area contributed by atoms with Crippen molar-refractivity contribution in [3.8, 4) is 0 Å². The van der Waals surface area contributed by atoms with Crippen LogP contribution in [0.15, 0.2) is 64.7 Å². The number of rotatable bonds is 4. The van der Waals surface area contributed by atoms with Crippen molar-refractivity contribution in [3.63, 3.8) is 0 Å². The van der Waals surface area contributed by atoms with E-state index in [1.165, 1.54) is 6.07 Å². The molecule has 2 heterocycles. The molecule has 0 bridgehead atoms. The molecule has 3 aliphatic rings. The first-order valence-corrected chi connectivity index (χ1v) is 11.0. The average Bonchev–Trinajstić information content (AvgIpc) is 3.09. The molecule has 168 valence electrons. The largest absolute Gasteiger partial charge is 0.384 e. The molecule has 4 N–H and O–H groups in total. The number of carbonyl (C=O) groups is 1. The number of allylic oxidation sites excluding steroid dienone is 4. The van der Waals surface area contributed by atoms with E-state index in [1.807, 2.05) is 6.92 Å². The summed E-state index contributed by atoms with van der Waals surface area (Å²) in [5.41, 5.74) is 5.49. The third-order valence-corrected chi connectivity index (χ3v) is 6.17. The number of benzene rings is 1. The van der Waals surface area contributed by atoms with E-state index in [0.29, 0.717) is 31.0 Å². The van der Waals surface area contributed by atoms with Crippen molar-refractivity contribution < 1.29 is 13.9 Å². The van der Waals surface area contributed by atoms with Gasteiger partial charge in [-0.3, -0.25) is 10.2 Å². The lowest BCUT2D eigenvalue weighted by atomic mass is 9.76. The number of amidine groups is 1. The lowest BCUT2D eigenvalue weighted by molar-refractivity contribution is -0.115. The molecule has 32 heavy (non-hydrogen) atoms. The molecule has 4 rings (SSSR count). The van der Waals surface area contributed by atoms with Crippen LogP contribution in [0.3, 0.4) is 0 Å². The zero-order valence-corrected chi connectivity index (χ0v) is 18.6. The standard InChI is InChI=1S/C25H29FN4O2/c1-4-16-9-22-21(12-20(16)19-10-17(26)6-5-14(19)2)24(25(31)30-22)15(3)29-23(27)11-18-13-32-8-7-28-18/h5-6,9-12,16,20,28H,4,7-8,13H2,1-3H3,(H2,27,29)(H,30,31)/b18-11-,24-15-. The van der Waals surface area contributed by atoms with Crippen molar-refractivity contribution >= 4 is 11.7 Å². The number of morpholine rings is 1. The molecule has 2 fully saturated rings. The van der Waals surface area contributed by atoms with E-state index in [4.69, 9.17) is 10.1 Å². The van der Waals surface area contributed by atoms with Crippen LogP contribution in [0.5, 0.6) is 0 Å². The summed E-state index contributed by atoms with van der Waals surface area (Å²) in [5, 5.41) is 17.5. The van der Waals surface area contributed by atoms with Crippen molar-refractivity contribution in [3.05, 3.63) is 81.6 Å². The summed E-state index contributed by atoms with van der Waals surface area (Å²) < 4.78 is 19.4. The van der Waals surface area contributed by atoms with Gasteiger partial charge in [0.2, 0.25) is 0 Å². The number of nitrogens with one attached hydrogen (secondary N) is 4. The van der Waals surface area contributed by atoms with Crippen LogP contribution in [0.4, 0.5) is 4.39 Å². The molecule has 1 amide bonds. The number of aryl methyl sites for hydroxylation is 1. The number of hydrogen-bond donors (Lipinski definition) is 4. The first kappa shape index (κ1) is 22.0. The van der Waals surface area contributed by atoms with Crippen LogP contribution in [0, 0.1) is 24.1 Å². The quantitative estimate of drug-likeness (QED) is 0.330. The molecule has 7 heteroatoms. The molecule has 0 spiro atoms. The van der Waals surface area contributed by atoms with E-state index in [0.717, 1.165) is 34.5 Å². The summed E-state index contributed by atoms with van der Waals surface area (Å²) >= 11 is 0. The first-order valence-electron chi connectivity index (χ1n) is 11.0. The van der Waals surface area contributed by atoms with Gasteiger partial charge < -0.3 is 20.7 Å². The summed E-state index contributed by atoms with van der Waals surface area (Å²) in [6.45, 7) is 7.67. The number of hydrogen-bond acceptors (Lipinski definition) is 4. The molecule has 1 aromatic carbocycles. The highest BCUT2D eigenvalue weighted by Crippen LogP contribution is 2.42. The second-order valence-corrected chi connectivity index (χ2v) is 8.40. The molecule has 2 atom stereocenters. The van der Waals surface area contributed by atoms with E-state index in [9.17, 15) is 9.18 Å². The molecule has 2 saturated heterocycles. The molecule has 0 radical (unpaired) electrons. The van der Waals surface area contributed by atoms with Gasteiger partial charge in [-0.15, -0.1) is 0 Å². The number of halogens is 1.